The lowest BCUT2D eigenvalue weighted by molar-refractivity contribution is 0.346. The van der Waals surface area contributed by atoms with Gasteiger partial charge in [-0.05, 0) is 240 Å². The summed E-state index contributed by atoms with van der Waals surface area (Å²) in [6.07, 6.45) is 17.8. The topological polar surface area (TPSA) is 6.48 Å². The van der Waals surface area contributed by atoms with Crippen molar-refractivity contribution in [2.24, 2.45) is 0 Å². The Hall–Kier alpha value is -10.0. The van der Waals surface area contributed by atoms with Gasteiger partial charge in [-0.25, -0.2) is 0 Å². The third-order valence-corrected chi connectivity index (χ3v) is 19.1. The molecule has 0 spiro atoms. The minimum Gasteiger partial charge on any atom is -0.310 e. The fourth-order valence-electron chi connectivity index (χ4n) is 15.0. The lowest BCUT2D eigenvalue weighted by atomic mass is 9.65. The fraction of sp³-hybridized carbons (Fsp3) is 0.159. The molecule has 1 saturated carbocycles. The van der Waals surface area contributed by atoms with Crippen molar-refractivity contribution in [2.45, 2.75) is 91.4 Å². The maximum absolute atomic E-state index is 4.06. The minimum absolute atomic E-state index is 0.154. The molecule has 442 valence electrons. The third-order valence-electron chi connectivity index (χ3n) is 19.1. The Balaban J connectivity index is 0.890. The first-order valence-electron chi connectivity index (χ1n) is 32.3. The predicted octanol–water partition coefficient (Wildman–Crippen LogP) is 24.8. The molecule has 1 unspecified atom stereocenters. The van der Waals surface area contributed by atoms with Crippen molar-refractivity contribution in [3.63, 3.8) is 0 Å². The molecule has 0 amide bonds. The fourth-order valence-corrected chi connectivity index (χ4v) is 15.0. The smallest absolute Gasteiger partial charge is 0.0540 e. The zero-order valence-electron chi connectivity index (χ0n) is 53.1. The molecule has 2 heteroatoms. The Morgan fingerprint density at radius 1 is 0.389 bits per heavy atom. The second-order valence-electron chi connectivity index (χ2n) is 25.2. The van der Waals surface area contributed by atoms with Crippen LogP contribution in [0.5, 0.6) is 0 Å². The van der Waals surface area contributed by atoms with Crippen LogP contribution in [-0.4, -0.2) is 0 Å². The molecule has 0 aromatic heterocycles. The van der Waals surface area contributed by atoms with E-state index in [1.165, 1.54) is 131 Å². The SMILES string of the molecule is C=Cc1cccc(-c2ccc(N(c3ccc(C4(c5ccc(N(c6ccc(-c7cccc(C=C)c7)cc6)c6ccccc6C6C=C(c7c(C)cc(C)cc7C)C=CC6)cc5)CCCCC4)cc3)c3ccccc3-c3cccc(-c4c(C)cc(C)cc4C)c3)cc2)c1. The van der Waals surface area contributed by atoms with Crippen LogP contribution in [0, 0.1) is 41.5 Å². The van der Waals surface area contributed by atoms with Gasteiger partial charge < -0.3 is 9.80 Å². The molecule has 0 N–H and O–H groups in total. The van der Waals surface area contributed by atoms with E-state index in [-0.39, 0.29) is 11.3 Å². The van der Waals surface area contributed by atoms with Gasteiger partial charge in [0.2, 0.25) is 0 Å². The molecule has 1 atom stereocenters. The molecule has 2 aliphatic carbocycles. The van der Waals surface area contributed by atoms with Crippen LogP contribution in [-0.2, 0) is 5.41 Å². The number of benzene rings is 11. The minimum atomic E-state index is -0.154. The molecular formula is C88H80N2. The first-order valence-corrected chi connectivity index (χ1v) is 32.3. The number of allylic oxidation sites excluding steroid dienone is 4. The van der Waals surface area contributed by atoms with Crippen LogP contribution in [0.1, 0.15) is 111 Å². The van der Waals surface area contributed by atoms with Gasteiger partial charge in [0.05, 0.1) is 5.69 Å². The van der Waals surface area contributed by atoms with E-state index in [0.29, 0.717) is 0 Å². The van der Waals surface area contributed by atoms with Crippen LogP contribution >= 0.6 is 0 Å². The molecular weight excluding hydrogens is 1080 g/mol. The number of para-hydroxylation sites is 2. The Morgan fingerprint density at radius 3 is 1.37 bits per heavy atom. The molecule has 0 bridgehead atoms. The quantitative estimate of drug-likeness (QED) is 0.0951. The summed E-state index contributed by atoms with van der Waals surface area (Å²) in [5, 5.41) is 0. The van der Waals surface area contributed by atoms with E-state index in [0.717, 1.165) is 58.8 Å². The molecule has 0 radical (unpaired) electrons. The average molecular weight is 1170 g/mol. The van der Waals surface area contributed by atoms with Gasteiger partial charge in [-0.2, -0.15) is 0 Å². The summed E-state index contributed by atoms with van der Waals surface area (Å²) in [4.78, 5) is 4.96. The van der Waals surface area contributed by atoms with Crippen LogP contribution in [0.2, 0.25) is 0 Å². The van der Waals surface area contributed by atoms with Crippen LogP contribution in [0.4, 0.5) is 34.1 Å². The van der Waals surface area contributed by atoms with Crippen LogP contribution in [0.15, 0.2) is 274 Å². The highest BCUT2D eigenvalue weighted by atomic mass is 15.2. The summed E-state index contributed by atoms with van der Waals surface area (Å²) < 4.78 is 0. The van der Waals surface area contributed by atoms with Crippen molar-refractivity contribution in [3.05, 3.63) is 341 Å². The van der Waals surface area contributed by atoms with Crippen LogP contribution < -0.4 is 9.80 Å². The van der Waals surface area contributed by atoms with Crippen molar-refractivity contribution < 1.29 is 0 Å². The largest absolute Gasteiger partial charge is 0.310 e. The van der Waals surface area contributed by atoms with E-state index in [4.69, 9.17) is 0 Å². The Labute approximate surface area is 535 Å². The first-order chi connectivity index (χ1) is 43.9. The lowest BCUT2D eigenvalue weighted by Gasteiger charge is -2.39. The Bertz CT molecular complexity index is 4460. The summed E-state index contributed by atoms with van der Waals surface area (Å²) in [6, 6.07) is 91.2. The van der Waals surface area contributed by atoms with Crippen molar-refractivity contribution in [3.8, 4) is 44.5 Å². The molecule has 11 aromatic carbocycles. The zero-order valence-corrected chi connectivity index (χ0v) is 53.1. The zero-order chi connectivity index (χ0) is 61.9. The van der Waals surface area contributed by atoms with E-state index < -0.39 is 0 Å². The second kappa shape index (κ2) is 25.6. The van der Waals surface area contributed by atoms with Crippen molar-refractivity contribution in [2.75, 3.05) is 9.80 Å². The average Bonchev–Trinajstić information content (AvgIpc) is 0.847. The normalized spacial score (nSPS) is 14.4. The summed E-state index contributed by atoms with van der Waals surface area (Å²) >= 11 is 0. The molecule has 0 heterocycles. The van der Waals surface area contributed by atoms with Gasteiger partial charge in [0.25, 0.3) is 0 Å². The molecule has 0 saturated heterocycles. The van der Waals surface area contributed by atoms with Gasteiger partial charge in [-0.15, -0.1) is 0 Å². The van der Waals surface area contributed by atoms with Gasteiger partial charge in [0.15, 0.2) is 0 Å². The van der Waals surface area contributed by atoms with Crippen LogP contribution in [0.25, 0.3) is 62.2 Å². The highest BCUT2D eigenvalue weighted by Crippen LogP contribution is 2.50. The summed E-state index contributed by atoms with van der Waals surface area (Å²) in [5.41, 5.74) is 32.9. The third kappa shape index (κ3) is 11.8. The molecule has 13 rings (SSSR count). The summed E-state index contributed by atoms with van der Waals surface area (Å²) in [5.74, 6) is 0.186. The van der Waals surface area contributed by atoms with Gasteiger partial charge in [0.1, 0.15) is 0 Å². The van der Waals surface area contributed by atoms with Crippen LogP contribution in [0.3, 0.4) is 0 Å². The van der Waals surface area contributed by atoms with Crippen molar-refractivity contribution >= 4 is 51.8 Å². The summed E-state index contributed by atoms with van der Waals surface area (Å²) in [6.45, 7) is 21.5. The van der Waals surface area contributed by atoms with Gasteiger partial charge in [-0.3, -0.25) is 0 Å². The molecule has 90 heavy (non-hydrogen) atoms. The Kier molecular flexibility index (Phi) is 16.8. The first kappa shape index (κ1) is 59.0. The van der Waals surface area contributed by atoms with Gasteiger partial charge in [0, 0.05) is 45.3 Å². The number of anilines is 6. The van der Waals surface area contributed by atoms with Gasteiger partial charge in [-0.1, -0.05) is 238 Å². The number of hydrogen-bond donors (Lipinski definition) is 0. The highest BCUT2D eigenvalue weighted by molar-refractivity contribution is 5.91. The Morgan fingerprint density at radius 2 is 0.833 bits per heavy atom. The monoisotopic (exact) mass is 1160 g/mol. The van der Waals surface area contributed by atoms with E-state index in [1.54, 1.807) is 0 Å². The number of rotatable bonds is 16. The van der Waals surface area contributed by atoms with E-state index >= 15 is 0 Å². The maximum Gasteiger partial charge on any atom is 0.0540 e. The van der Waals surface area contributed by atoms with E-state index in [2.05, 4.69) is 325 Å². The lowest BCUT2D eigenvalue weighted by Crippen LogP contribution is -2.30. The number of hydrogen-bond acceptors (Lipinski definition) is 2. The molecule has 11 aromatic rings. The van der Waals surface area contributed by atoms with Crippen molar-refractivity contribution in [1.29, 1.82) is 0 Å². The van der Waals surface area contributed by atoms with Crippen molar-refractivity contribution in [1.82, 2.24) is 0 Å². The van der Waals surface area contributed by atoms with E-state index in [1.807, 2.05) is 12.2 Å². The number of aryl methyl sites for hydroxylation is 6. The highest BCUT2D eigenvalue weighted by Gasteiger charge is 2.36. The molecule has 2 nitrogen and oxygen atoms in total. The summed E-state index contributed by atoms with van der Waals surface area (Å²) in [7, 11) is 0. The predicted molar refractivity (Wildman–Crippen MR) is 387 cm³/mol. The standard InChI is InChI=1S/C88H80N2/c1-9-66-22-18-24-70(56-66)68-34-42-78(43-35-68)89(84-32-14-12-30-82(84)72-26-20-28-74(58-72)86-62(5)52-60(3)53-63(86)6)80-46-38-76(39-47-80)88(50-16-11-17-51-88)77-40-48-81(49-41-77)90(79-44-36-69(37-45-79)71-25-19-23-67(10-2)57-71)85-33-15-13-31-83(85)73-27-21-29-75(59-73)87-64(7)54-61(4)55-65(87)8/h9-10,12-15,18-26,28-49,52-59,73H,1-2,11,16-17,27,50-51H2,3-8H3. The number of nitrogens with zero attached hydrogens (tertiary/aromatic N) is 2. The maximum atomic E-state index is 4.06. The molecule has 0 aliphatic heterocycles. The molecule has 1 fully saturated rings. The van der Waals surface area contributed by atoms with E-state index in [9.17, 15) is 0 Å². The second-order valence-corrected chi connectivity index (χ2v) is 25.2. The van der Waals surface area contributed by atoms with Gasteiger partial charge >= 0.3 is 0 Å². The molecule has 2 aliphatic rings.